The lowest BCUT2D eigenvalue weighted by Crippen LogP contribution is -2.28. The van der Waals surface area contributed by atoms with Gasteiger partial charge in [-0.15, -0.1) is 4.91 Å². The Morgan fingerprint density at radius 1 is 1.47 bits per heavy atom. The fourth-order valence-corrected chi connectivity index (χ4v) is 1.47. The first-order valence-corrected chi connectivity index (χ1v) is 5.14. The highest BCUT2D eigenvalue weighted by Gasteiger charge is 2.08. The SMILES string of the molecule is Bc1cc(N=O)ccc1CC(C)N(C)C. The highest BCUT2D eigenvalue weighted by molar-refractivity contribution is 6.33. The Bertz CT molecular complexity index is 352. The zero-order valence-corrected chi connectivity index (χ0v) is 9.82. The summed E-state index contributed by atoms with van der Waals surface area (Å²) < 4.78 is 0. The second-order valence-corrected chi connectivity index (χ2v) is 4.22. The quantitative estimate of drug-likeness (QED) is 0.537. The van der Waals surface area contributed by atoms with Gasteiger partial charge in [-0.3, -0.25) is 0 Å². The van der Waals surface area contributed by atoms with E-state index in [1.54, 1.807) is 6.07 Å². The van der Waals surface area contributed by atoms with Crippen molar-refractivity contribution in [1.82, 2.24) is 4.90 Å². The lowest BCUT2D eigenvalue weighted by molar-refractivity contribution is 0.312. The van der Waals surface area contributed by atoms with E-state index >= 15 is 0 Å². The molecule has 0 aliphatic rings. The van der Waals surface area contributed by atoms with Gasteiger partial charge in [-0.1, -0.05) is 17.1 Å². The zero-order chi connectivity index (χ0) is 11.4. The van der Waals surface area contributed by atoms with Crippen LogP contribution in [0.1, 0.15) is 12.5 Å². The molecule has 0 bridgehead atoms. The summed E-state index contributed by atoms with van der Waals surface area (Å²) in [6.07, 6.45) is 0.998. The zero-order valence-electron chi connectivity index (χ0n) is 9.82. The third kappa shape index (κ3) is 3.17. The number of nitroso groups, excluding NO2 is 1. The molecule has 0 aromatic heterocycles. The van der Waals surface area contributed by atoms with E-state index in [0.29, 0.717) is 11.7 Å². The number of rotatable bonds is 4. The first-order valence-electron chi connectivity index (χ1n) is 5.14. The standard InChI is InChI=1S/C11H17BN2O/c1-8(14(2)3)6-9-4-5-10(13-15)7-11(9)12/h4-5,7-8H,6,12H2,1-3H3. The van der Waals surface area contributed by atoms with Gasteiger partial charge in [-0.05, 0) is 44.7 Å². The molecule has 1 unspecified atom stereocenters. The normalized spacial score (nSPS) is 12.8. The Labute approximate surface area is 91.9 Å². The van der Waals surface area contributed by atoms with Crippen LogP contribution in [-0.2, 0) is 6.42 Å². The van der Waals surface area contributed by atoms with E-state index in [1.165, 1.54) is 5.56 Å². The Morgan fingerprint density at radius 3 is 2.60 bits per heavy atom. The van der Waals surface area contributed by atoms with Crippen LogP contribution in [0.3, 0.4) is 0 Å². The Balaban J connectivity index is 2.82. The minimum absolute atomic E-state index is 0.499. The summed E-state index contributed by atoms with van der Waals surface area (Å²) in [5, 5.41) is 2.93. The van der Waals surface area contributed by atoms with Crippen molar-refractivity contribution >= 4 is 19.0 Å². The molecule has 1 aromatic carbocycles. The van der Waals surface area contributed by atoms with Crippen LogP contribution in [0, 0.1) is 4.91 Å². The molecule has 3 nitrogen and oxygen atoms in total. The van der Waals surface area contributed by atoms with Gasteiger partial charge in [0.1, 0.15) is 13.5 Å². The van der Waals surface area contributed by atoms with Crippen LogP contribution in [0.5, 0.6) is 0 Å². The van der Waals surface area contributed by atoms with E-state index in [0.717, 1.165) is 11.9 Å². The van der Waals surface area contributed by atoms with E-state index in [1.807, 2.05) is 20.0 Å². The van der Waals surface area contributed by atoms with Crippen LogP contribution in [-0.4, -0.2) is 32.9 Å². The van der Waals surface area contributed by atoms with Gasteiger partial charge in [0.2, 0.25) is 0 Å². The van der Waals surface area contributed by atoms with Gasteiger partial charge in [0, 0.05) is 6.04 Å². The minimum atomic E-state index is 0.499. The Hall–Kier alpha value is -1.16. The molecule has 1 aromatic rings. The van der Waals surface area contributed by atoms with Crippen molar-refractivity contribution in [3.05, 3.63) is 28.7 Å². The molecule has 0 saturated heterocycles. The van der Waals surface area contributed by atoms with Gasteiger partial charge in [-0.2, -0.15) is 0 Å². The smallest absolute Gasteiger partial charge is 0.139 e. The fraction of sp³-hybridized carbons (Fsp3) is 0.455. The largest absolute Gasteiger partial charge is 0.306 e. The molecule has 0 heterocycles. The molecule has 0 fully saturated rings. The van der Waals surface area contributed by atoms with Gasteiger partial charge < -0.3 is 4.90 Å². The summed E-state index contributed by atoms with van der Waals surface area (Å²) in [6, 6.07) is 6.10. The summed E-state index contributed by atoms with van der Waals surface area (Å²) in [6.45, 7) is 2.19. The summed E-state index contributed by atoms with van der Waals surface area (Å²) in [7, 11) is 6.16. The first kappa shape index (κ1) is 11.9. The van der Waals surface area contributed by atoms with Crippen LogP contribution in [0.25, 0.3) is 0 Å². The lowest BCUT2D eigenvalue weighted by Gasteiger charge is -2.20. The van der Waals surface area contributed by atoms with E-state index in [4.69, 9.17) is 0 Å². The second-order valence-electron chi connectivity index (χ2n) is 4.22. The fourth-order valence-electron chi connectivity index (χ4n) is 1.47. The summed E-state index contributed by atoms with van der Waals surface area (Å²) in [4.78, 5) is 12.5. The molecular formula is C11H17BN2O. The average molecular weight is 204 g/mol. The number of benzene rings is 1. The minimum Gasteiger partial charge on any atom is -0.306 e. The topological polar surface area (TPSA) is 32.7 Å². The van der Waals surface area contributed by atoms with E-state index < -0.39 is 0 Å². The number of nitrogens with zero attached hydrogens (tertiary/aromatic N) is 2. The second kappa shape index (κ2) is 5.07. The monoisotopic (exact) mass is 204 g/mol. The molecule has 4 heteroatoms. The number of hydrogen-bond acceptors (Lipinski definition) is 3. The summed E-state index contributed by atoms with van der Waals surface area (Å²) >= 11 is 0. The third-order valence-electron chi connectivity index (χ3n) is 2.83. The molecule has 1 atom stereocenters. The van der Waals surface area contributed by atoms with Crippen molar-refractivity contribution in [2.75, 3.05) is 14.1 Å². The van der Waals surface area contributed by atoms with E-state index in [-0.39, 0.29) is 0 Å². The number of likely N-dealkylation sites (N-methyl/N-ethyl adjacent to an activating group) is 1. The molecular weight excluding hydrogens is 187 g/mol. The molecule has 15 heavy (non-hydrogen) atoms. The van der Waals surface area contributed by atoms with Crippen LogP contribution in [0.2, 0.25) is 0 Å². The highest BCUT2D eigenvalue weighted by atomic mass is 16.3. The lowest BCUT2D eigenvalue weighted by atomic mass is 9.87. The predicted molar refractivity (Wildman–Crippen MR) is 66.9 cm³/mol. The van der Waals surface area contributed by atoms with Gasteiger partial charge in [-0.25, -0.2) is 0 Å². The van der Waals surface area contributed by atoms with Crippen molar-refractivity contribution in [1.29, 1.82) is 0 Å². The van der Waals surface area contributed by atoms with Crippen molar-refractivity contribution in [3.63, 3.8) is 0 Å². The summed E-state index contributed by atoms with van der Waals surface area (Å²) in [5.74, 6) is 0. The van der Waals surface area contributed by atoms with Gasteiger partial charge in [0.05, 0.1) is 0 Å². The van der Waals surface area contributed by atoms with Crippen LogP contribution in [0.4, 0.5) is 5.69 Å². The average Bonchev–Trinajstić information content (AvgIpc) is 2.20. The van der Waals surface area contributed by atoms with Gasteiger partial charge in [0.15, 0.2) is 0 Å². The van der Waals surface area contributed by atoms with Crippen molar-refractivity contribution < 1.29 is 0 Å². The predicted octanol–water partition coefficient (Wildman–Crippen LogP) is 0.835. The molecule has 0 saturated carbocycles. The highest BCUT2D eigenvalue weighted by Crippen LogP contribution is 2.12. The molecule has 0 amide bonds. The maximum absolute atomic E-state index is 10.3. The molecule has 1 rings (SSSR count). The van der Waals surface area contributed by atoms with Crippen LogP contribution in [0.15, 0.2) is 23.4 Å². The summed E-state index contributed by atoms with van der Waals surface area (Å²) in [5.41, 5.74) is 2.93. The first-order chi connectivity index (χ1) is 7.04. The van der Waals surface area contributed by atoms with Crippen molar-refractivity contribution in [3.8, 4) is 0 Å². The van der Waals surface area contributed by atoms with Gasteiger partial charge in [0.25, 0.3) is 0 Å². The van der Waals surface area contributed by atoms with Gasteiger partial charge >= 0.3 is 0 Å². The molecule has 0 aliphatic carbocycles. The molecule has 0 aliphatic heterocycles. The molecule has 0 spiro atoms. The van der Waals surface area contributed by atoms with E-state index in [9.17, 15) is 4.91 Å². The Morgan fingerprint density at radius 2 is 2.13 bits per heavy atom. The maximum atomic E-state index is 10.3. The Kier molecular flexibility index (Phi) is 4.03. The van der Waals surface area contributed by atoms with E-state index in [2.05, 4.69) is 31.1 Å². The van der Waals surface area contributed by atoms with Crippen LogP contribution < -0.4 is 5.46 Å². The number of hydrogen-bond donors (Lipinski definition) is 0. The van der Waals surface area contributed by atoms with Crippen LogP contribution >= 0.6 is 0 Å². The van der Waals surface area contributed by atoms with Crippen molar-refractivity contribution in [2.45, 2.75) is 19.4 Å². The maximum Gasteiger partial charge on any atom is 0.139 e. The third-order valence-corrected chi connectivity index (χ3v) is 2.83. The molecule has 80 valence electrons. The molecule has 0 radical (unpaired) electrons. The van der Waals surface area contributed by atoms with Crippen molar-refractivity contribution in [2.24, 2.45) is 5.18 Å². The molecule has 0 N–H and O–H groups in total.